The molecule has 0 aromatic rings. The highest BCUT2D eigenvalue weighted by Crippen LogP contribution is 2.02. The smallest absolute Gasteiger partial charge is 0.347 e. The zero-order valence-electron chi connectivity index (χ0n) is 16.1. The highest BCUT2D eigenvalue weighted by molar-refractivity contribution is 5.93. The molecule has 0 fully saturated rings. The fourth-order valence-corrected chi connectivity index (χ4v) is 1.39. The molecule has 0 bridgehead atoms. The van der Waals surface area contributed by atoms with E-state index in [0.29, 0.717) is 0 Å². The van der Waals surface area contributed by atoms with Gasteiger partial charge in [0.2, 0.25) is 0 Å². The summed E-state index contributed by atoms with van der Waals surface area (Å²) in [5.41, 5.74) is 0. The van der Waals surface area contributed by atoms with Gasteiger partial charge >= 0.3 is 23.9 Å². The minimum absolute atomic E-state index is 0.158. The SMILES string of the molecule is CC(C)COC(=O)C(C)OC(=O)/C=C/C(=O)OC(C)C(=O)OCC(C)C. The minimum atomic E-state index is -1.10. The van der Waals surface area contributed by atoms with Gasteiger partial charge in [0.15, 0.2) is 12.2 Å². The van der Waals surface area contributed by atoms with Crippen molar-refractivity contribution in [3.63, 3.8) is 0 Å². The van der Waals surface area contributed by atoms with Gasteiger partial charge in [-0.1, -0.05) is 27.7 Å². The van der Waals surface area contributed by atoms with Crippen LogP contribution < -0.4 is 0 Å². The number of hydrogen-bond acceptors (Lipinski definition) is 8. The van der Waals surface area contributed by atoms with Crippen molar-refractivity contribution in [1.29, 1.82) is 0 Å². The molecule has 148 valence electrons. The van der Waals surface area contributed by atoms with Gasteiger partial charge in [-0.3, -0.25) is 0 Å². The number of ether oxygens (including phenoxy) is 4. The van der Waals surface area contributed by atoms with Gasteiger partial charge in [0.25, 0.3) is 0 Å². The first-order chi connectivity index (χ1) is 12.0. The van der Waals surface area contributed by atoms with Crippen LogP contribution in [0.15, 0.2) is 12.2 Å². The summed E-state index contributed by atoms with van der Waals surface area (Å²) in [5.74, 6) is -2.86. The molecule has 0 amide bonds. The Morgan fingerprint density at radius 2 is 0.962 bits per heavy atom. The predicted molar refractivity (Wildman–Crippen MR) is 91.8 cm³/mol. The lowest BCUT2D eigenvalue weighted by Gasteiger charge is -2.13. The number of hydrogen-bond donors (Lipinski definition) is 0. The Kier molecular flexibility index (Phi) is 10.9. The van der Waals surface area contributed by atoms with Crippen molar-refractivity contribution < 1.29 is 38.1 Å². The Morgan fingerprint density at radius 1 is 0.654 bits per heavy atom. The van der Waals surface area contributed by atoms with Crippen LogP contribution in [0.3, 0.4) is 0 Å². The Balaban J connectivity index is 4.31. The molecule has 0 heterocycles. The lowest BCUT2D eigenvalue weighted by molar-refractivity contribution is -0.165. The van der Waals surface area contributed by atoms with E-state index in [4.69, 9.17) is 18.9 Å². The van der Waals surface area contributed by atoms with Gasteiger partial charge in [-0.05, 0) is 25.7 Å². The van der Waals surface area contributed by atoms with Crippen molar-refractivity contribution >= 4 is 23.9 Å². The molecular formula is C18H28O8. The van der Waals surface area contributed by atoms with Crippen LogP contribution in [0.1, 0.15) is 41.5 Å². The van der Waals surface area contributed by atoms with Crippen LogP contribution in [0, 0.1) is 11.8 Å². The van der Waals surface area contributed by atoms with Crippen LogP contribution in [0.5, 0.6) is 0 Å². The lowest BCUT2D eigenvalue weighted by atomic mass is 10.2. The molecule has 0 saturated carbocycles. The Hall–Kier alpha value is -2.38. The molecule has 0 N–H and O–H groups in total. The molecule has 0 rings (SSSR count). The van der Waals surface area contributed by atoms with E-state index in [1.54, 1.807) is 0 Å². The summed E-state index contributed by atoms with van der Waals surface area (Å²) in [4.78, 5) is 46.3. The van der Waals surface area contributed by atoms with E-state index in [1.807, 2.05) is 27.7 Å². The Morgan fingerprint density at radius 3 is 1.23 bits per heavy atom. The van der Waals surface area contributed by atoms with Gasteiger partial charge in [-0.25, -0.2) is 19.2 Å². The zero-order valence-corrected chi connectivity index (χ0v) is 16.1. The second-order valence-electron chi connectivity index (χ2n) is 6.54. The maximum Gasteiger partial charge on any atom is 0.347 e. The largest absolute Gasteiger partial charge is 0.463 e. The number of carbonyl (C=O) groups is 4. The van der Waals surface area contributed by atoms with Crippen molar-refractivity contribution in [2.75, 3.05) is 13.2 Å². The summed E-state index contributed by atoms with van der Waals surface area (Å²) in [6.07, 6.45) is -0.597. The van der Waals surface area contributed by atoms with E-state index in [0.717, 1.165) is 12.2 Å². The third-order valence-electron chi connectivity index (χ3n) is 2.72. The van der Waals surface area contributed by atoms with Crippen LogP contribution in [0.4, 0.5) is 0 Å². The minimum Gasteiger partial charge on any atom is -0.463 e. The monoisotopic (exact) mass is 372 g/mol. The molecular weight excluding hydrogens is 344 g/mol. The van der Waals surface area contributed by atoms with Crippen LogP contribution in [-0.4, -0.2) is 49.3 Å². The summed E-state index contributed by atoms with van der Waals surface area (Å²) in [6.45, 7) is 10.6. The van der Waals surface area contributed by atoms with Crippen molar-refractivity contribution in [3.05, 3.63) is 12.2 Å². The van der Waals surface area contributed by atoms with Gasteiger partial charge < -0.3 is 18.9 Å². The first-order valence-electron chi connectivity index (χ1n) is 8.45. The van der Waals surface area contributed by atoms with E-state index in [9.17, 15) is 19.2 Å². The summed E-state index contributed by atoms with van der Waals surface area (Å²) >= 11 is 0. The fourth-order valence-electron chi connectivity index (χ4n) is 1.39. The van der Waals surface area contributed by atoms with Crippen LogP contribution in [-0.2, 0) is 38.1 Å². The summed E-state index contributed by atoms with van der Waals surface area (Å²) in [7, 11) is 0. The molecule has 8 nitrogen and oxygen atoms in total. The standard InChI is InChI=1S/C18H28O8/c1-11(2)9-23-17(21)13(5)25-15(19)7-8-16(20)26-14(6)18(22)24-10-12(3)4/h7-8,11-14H,9-10H2,1-6H3/b8-7+. The van der Waals surface area contributed by atoms with E-state index in [-0.39, 0.29) is 25.0 Å². The van der Waals surface area contributed by atoms with Gasteiger partial charge in [0.05, 0.1) is 13.2 Å². The molecule has 2 unspecified atom stereocenters. The molecule has 2 atom stereocenters. The Labute approximate surface area is 153 Å². The molecule has 0 spiro atoms. The lowest BCUT2D eigenvalue weighted by Crippen LogP contribution is -2.27. The summed E-state index contributed by atoms with van der Waals surface area (Å²) < 4.78 is 19.5. The van der Waals surface area contributed by atoms with Gasteiger partial charge in [0, 0.05) is 12.2 Å². The average molecular weight is 372 g/mol. The van der Waals surface area contributed by atoms with Crippen molar-refractivity contribution in [3.8, 4) is 0 Å². The molecule has 8 heteroatoms. The van der Waals surface area contributed by atoms with Gasteiger partial charge in [0.1, 0.15) is 0 Å². The van der Waals surface area contributed by atoms with Crippen molar-refractivity contribution in [1.82, 2.24) is 0 Å². The van der Waals surface area contributed by atoms with E-state index < -0.39 is 36.1 Å². The van der Waals surface area contributed by atoms with Crippen LogP contribution in [0.25, 0.3) is 0 Å². The fraction of sp³-hybridized carbons (Fsp3) is 0.667. The maximum absolute atomic E-state index is 11.6. The second kappa shape index (κ2) is 12.1. The van der Waals surface area contributed by atoms with Crippen molar-refractivity contribution in [2.45, 2.75) is 53.8 Å². The normalized spacial score (nSPS) is 13.4. The zero-order chi connectivity index (χ0) is 20.3. The molecule has 0 aromatic heterocycles. The number of esters is 4. The van der Waals surface area contributed by atoms with E-state index >= 15 is 0 Å². The molecule has 0 radical (unpaired) electrons. The molecule has 26 heavy (non-hydrogen) atoms. The van der Waals surface area contributed by atoms with Gasteiger partial charge in [-0.2, -0.15) is 0 Å². The highest BCUT2D eigenvalue weighted by atomic mass is 16.6. The third kappa shape index (κ3) is 11.2. The van der Waals surface area contributed by atoms with E-state index in [1.165, 1.54) is 13.8 Å². The van der Waals surface area contributed by atoms with Gasteiger partial charge in [-0.15, -0.1) is 0 Å². The second-order valence-corrected chi connectivity index (χ2v) is 6.54. The number of rotatable bonds is 10. The summed E-state index contributed by atoms with van der Waals surface area (Å²) in [5, 5.41) is 0. The first-order valence-corrected chi connectivity index (χ1v) is 8.45. The quantitative estimate of drug-likeness (QED) is 0.325. The molecule has 0 aliphatic heterocycles. The molecule has 0 saturated heterocycles. The highest BCUT2D eigenvalue weighted by Gasteiger charge is 2.20. The Bertz CT molecular complexity index is 475. The van der Waals surface area contributed by atoms with Crippen molar-refractivity contribution in [2.24, 2.45) is 11.8 Å². The first kappa shape index (κ1) is 23.6. The summed E-state index contributed by atoms with van der Waals surface area (Å²) in [6, 6.07) is 0. The van der Waals surface area contributed by atoms with Crippen LogP contribution >= 0.6 is 0 Å². The molecule has 0 aliphatic rings. The van der Waals surface area contributed by atoms with Crippen LogP contribution in [0.2, 0.25) is 0 Å². The third-order valence-corrected chi connectivity index (χ3v) is 2.72. The number of carbonyl (C=O) groups excluding carboxylic acids is 4. The average Bonchev–Trinajstić information content (AvgIpc) is 2.55. The predicted octanol–water partition coefficient (Wildman–Crippen LogP) is 1.80. The topological polar surface area (TPSA) is 105 Å². The molecule has 0 aliphatic carbocycles. The molecule has 0 aromatic carbocycles. The van der Waals surface area contributed by atoms with E-state index in [2.05, 4.69) is 0 Å². The maximum atomic E-state index is 11.6.